The largest absolute Gasteiger partial charge is 0.335 e. The van der Waals surface area contributed by atoms with Crippen LogP contribution in [0.25, 0.3) is 0 Å². The zero-order valence-electron chi connectivity index (χ0n) is 15.4. The second-order valence-corrected chi connectivity index (χ2v) is 8.42. The van der Waals surface area contributed by atoms with E-state index in [9.17, 15) is 0 Å². The Morgan fingerprint density at radius 1 is 1.24 bits per heavy atom. The molecule has 1 aromatic carbocycles. The van der Waals surface area contributed by atoms with E-state index in [-0.39, 0.29) is 5.41 Å². The zero-order chi connectivity index (χ0) is 18.0. The average molecular weight is 407 g/mol. The highest BCUT2D eigenvalue weighted by atomic mass is 79.9. The third-order valence-corrected chi connectivity index (χ3v) is 6.06. The molecular weight excluding hydrogens is 380 g/mol. The standard InChI is InChI=1S/C19H27BrN4O/c1-13(2)19(3,14-5-7-15(20)8-6-14)17-22-18(25-23-17)21-16-9-11-24(4)12-10-16/h5-8,13,16H,9-12H2,1-4H3,(H,21,22,23). The Balaban J connectivity index is 1.81. The minimum atomic E-state index is -0.295. The van der Waals surface area contributed by atoms with Crippen LogP contribution in [0.5, 0.6) is 0 Å². The van der Waals surface area contributed by atoms with Crippen molar-refractivity contribution in [3.8, 4) is 0 Å². The molecule has 1 fully saturated rings. The fraction of sp³-hybridized carbons (Fsp3) is 0.579. The van der Waals surface area contributed by atoms with Crippen molar-refractivity contribution < 1.29 is 4.52 Å². The van der Waals surface area contributed by atoms with Crippen LogP contribution in [0.4, 0.5) is 6.01 Å². The van der Waals surface area contributed by atoms with Gasteiger partial charge in [-0.15, -0.1) is 0 Å². The summed E-state index contributed by atoms with van der Waals surface area (Å²) >= 11 is 3.51. The summed E-state index contributed by atoms with van der Waals surface area (Å²) in [5, 5.41) is 7.74. The number of nitrogens with zero attached hydrogens (tertiary/aromatic N) is 3. The average Bonchev–Trinajstić information content (AvgIpc) is 3.05. The second kappa shape index (κ2) is 7.46. The van der Waals surface area contributed by atoms with Crippen LogP contribution in [0.1, 0.15) is 45.0 Å². The van der Waals surface area contributed by atoms with Crippen LogP contribution < -0.4 is 5.32 Å². The molecule has 0 spiro atoms. The SMILES string of the molecule is CC(C)C(C)(c1ccc(Br)cc1)c1noc(NC2CCN(C)CC2)n1. The van der Waals surface area contributed by atoms with Crippen molar-refractivity contribution in [2.45, 2.75) is 45.1 Å². The molecule has 25 heavy (non-hydrogen) atoms. The number of hydrogen-bond acceptors (Lipinski definition) is 5. The molecule has 1 aromatic heterocycles. The van der Waals surface area contributed by atoms with Gasteiger partial charge in [0.25, 0.3) is 0 Å². The molecule has 1 saturated heterocycles. The topological polar surface area (TPSA) is 54.2 Å². The summed E-state index contributed by atoms with van der Waals surface area (Å²) in [6.07, 6.45) is 2.20. The number of benzene rings is 1. The zero-order valence-corrected chi connectivity index (χ0v) is 17.0. The van der Waals surface area contributed by atoms with E-state index >= 15 is 0 Å². The minimum absolute atomic E-state index is 0.295. The molecule has 1 atom stereocenters. The van der Waals surface area contributed by atoms with Gasteiger partial charge in [0.2, 0.25) is 0 Å². The van der Waals surface area contributed by atoms with Gasteiger partial charge in [-0.3, -0.25) is 0 Å². The van der Waals surface area contributed by atoms with Crippen molar-refractivity contribution in [1.82, 2.24) is 15.0 Å². The van der Waals surface area contributed by atoms with Crippen LogP contribution in [0, 0.1) is 5.92 Å². The first kappa shape index (κ1) is 18.4. The summed E-state index contributed by atoms with van der Waals surface area (Å²) in [7, 11) is 2.16. The smallest absolute Gasteiger partial charge is 0.321 e. The highest BCUT2D eigenvalue weighted by molar-refractivity contribution is 9.10. The van der Waals surface area contributed by atoms with E-state index in [2.05, 4.69) is 83.4 Å². The highest BCUT2D eigenvalue weighted by Crippen LogP contribution is 2.38. The van der Waals surface area contributed by atoms with Crippen molar-refractivity contribution >= 4 is 21.9 Å². The molecule has 0 bridgehead atoms. The number of hydrogen-bond donors (Lipinski definition) is 1. The molecule has 0 aliphatic carbocycles. The first-order valence-electron chi connectivity index (χ1n) is 8.95. The molecule has 5 nitrogen and oxygen atoms in total. The quantitative estimate of drug-likeness (QED) is 0.801. The van der Waals surface area contributed by atoms with E-state index < -0.39 is 0 Å². The maximum atomic E-state index is 5.54. The van der Waals surface area contributed by atoms with Crippen LogP contribution >= 0.6 is 15.9 Å². The van der Waals surface area contributed by atoms with E-state index in [4.69, 9.17) is 9.51 Å². The van der Waals surface area contributed by atoms with Crippen LogP contribution in [0.15, 0.2) is 33.3 Å². The molecule has 136 valence electrons. The predicted octanol–water partition coefficient (Wildman–Crippen LogP) is 4.30. The van der Waals surface area contributed by atoms with Crippen LogP contribution in [0.3, 0.4) is 0 Å². The van der Waals surface area contributed by atoms with Crippen LogP contribution in [0.2, 0.25) is 0 Å². The fourth-order valence-electron chi connectivity index (χ4n) is 3.34. The number of aromatic nitrogens is 2. The van der Waals surface area contributed by atoms with Gasteiger partial charge in [-0.1, -0.05) is 47.1 Å². The summed E-state index contributed by atoms with van der Waals surface area (Å²) in [4.78, 5) is 7.05. The number of piperidine rings is 1. The van der Waals surface area contributed by atoms with E-state index in [0.717, 1.165) is 36.2 Å². The summed E-state index contributed by atoms with van der Waals surface area (Å²) in [6, 6.07) is 9.33. The van der Waals surface area contributed by atoms with Gasteiger partial charge >= 0.3 is 6.01 Å². The molecule has 0 amide bonds. The number of halogens is 1. The van der Waals surface area contributed by atoms with E-state index in [1.165, 1.54) is 5.56 Å². The van der Waals surface area contributed by atoms with Gasteiger partial charge in [-0.05, 0) is 63.5 Å². The molecule has 0 saturated carbocycles. The summed E-state index contributed by atoms with van der Waals surface area (Å²) in [5.41, 5.74) is 0.897. The van der Waals surface area contributed by atoms with Gasteiger partial charge in [-0.2, -0.15) is 4.98 Å². The highest BCUT2D eigenvalue weighted by Gasteiger charge is 2.37. The maximum Gasteiger partial charge on any atom is 0.321 e. The van der Waals surface area contributed by atoms with Gasteiger partial charge in [0.1, 0.15) is 0 Å². The second-order valence-electron chi connectivity index (χ2n) is 7.51. The Hall–Kier alpha value is -1.40. The van der Waals surface area contributed by atoms with E-state index in [1.54, 1.807) is 0 Å². The maximum absolute atomic E-state index is 5.54. The third kappa shape index (κ3) is 3.90. The van der Waals surface area contributed by atoms with Crippen molar-refractivity contribution in [3.63, 3.8) is 0 Å². The summed E-state index contributed by atoms with van der Waals surface area (Å²) < 4.78 is 6.61. The lowest BCUT2D eigenvalue weighted by atomic mass is 9.73. The number of rotatable bonds is 5. The summed E-state index contributed by atoms with van der Waals surface area (Å²) in [5.74, 6) is 1.07. The molecule has 1 aliphatic rings. The number of nitrogens with one attached hydrogen (secondary N) is 1. The van der Waals surface area contributed by atoms with Gasteiger partial charge in [-0.25, -0.2) is 0 Å². The fourth-order valence-corrected chi connectivity index (χ4v) is 3.60. The van der Waals surface area contributed by atoms with Crippen LogP contribution in [-0.4, -0.2) is 41.2 Å². The van der Waals surface area contributed by atoms with Gasteiger partial charge in [0, 0.05) is 10.5 Å². The molecule has 1 unspecified atom stereocenters. The molecule has 2 heterocycles. The Morgan fingerprint density at radius 2 is 1.88 bits per heavy atom. The van der Waals surface area contributed by atoms with Crippen molar-refractivity contribution in [2.75, 3.05) is 25.5 Å². The normalized spacial score (nSPS) is 19.1. The Morgan fingerprint density at radius 3 is 2.48 bits per heavy atom. The van der Waals surface area contributed by atoms with E-state index in [0.29, 0.717) is 18.0 Å². The van der Waals surface area contributed by atoms with Gasteiger partial charge < -0.3 is 14.7 Å². The number of likely N-dealkylation sites (tertiary alicyclic amines) is 1. The van der Waals surface area contributed by atoms with Crippen LogP contribution in [-0.2, 0) is 5.41 Å². The number of anilines is 1. The first-order chi connectivity index (χ1) is 11.9. The Kier molecular flexibility index (Phi) is 5.49. The van der Waals surface area contributed by atoms with E-state index in [1.807, 2.05) is 0 Å². The monoisotopic (exact) mass is 406 g/mol. The molecule has 3 rings (SSSR count). The first-order valence-corrected chi connectivity index (χ1v) is 9.74. The molecule has 1 aliphatic heterocycles. The lowest BCUT2D eigenvalue weighted by Crippen LogP contribution is -2.36. The third-order valence-electron chi connectivity index (χ3n) is 5.54. The molecule has 1 N–H and O–H groups in total. The van der Waals surface area contributed by atoms with Crippen molar-refractivity contribution in [3.05, 3.63) is 40.1 Å². The molecule has 0 radical (unpaired) electrons. The predicted molar refractivity (Wildman–Crippen MR) is 104 cm³/mol. The van der Waals surface area contributed by atoms with Crippen molar-refractivity contribution in [2.24, 2.45) is 5.92 Å². The molecule has 2 aromatic rings. The molecule has 6 heteroatoms. The summed E-state index contributed by atoms with van der Waals surface area (Å²) in [6.45, 7) is 8.78. The van der Waals surface area contributed by atoms with Gasteiger partial charge in [0.15, 0.2) is 5.82 Å². The lowest BCUT2D eigenvalue weighted by Gasteiger charge is -2.31. The Labute approximate surface area is 158 Å². The van der Waals surface area contributed by atoms with Gasteiger partial charge in [0.05, 0.1) is 5.41 Å². The van der Waals surface area contributed by atoms with Crippen molar-refractivity contribution in [1.29, 1.82) is 0 Å². The molecular formula is C19H27BrN4O. The Bertz CT molecular complexity index is 692. The lowest BCUT2D eigenvalue weighted by molar-refractivity contribution is 0.261. The minimum Gasteiger partial charge on any atom is -0.335 e.